The van der Waals surface area contributed by atoms with Crippen molar-refractivity contribution in [3.8, 4) is 0 Å². The van der Waals surface area contributed by atoms with Crippen molar-refractivity contribution in [3.05, 3.63) is 59.4 Å². The van der Waals surface area contributed by atoms with E-state index in [4.69, 9.17) is 16.3 Å². The maximum absolute atomic E-state index is 12.2. The molecule has 0 aliphatic rings. The summed E-state index contributed by atoms with van der Waals surface area (Å²) in [7, 11) is 0. The lowest BCUT2D eigenvalue weighted by atomic mass is 10.2. The maximum Gasteiger partial charge on any atom is 0.338 e. The molecule has 3 aromatic rings. The van der Waals surface area contributed by atoms with Gasteiger partial charge in [-0.2, -0.15) is 0 Å². The summed E-state index contributed by atoms with van der Waals surface area (Å²) in [5, 5.41) is 3.23. The topological polar surface area (TPSA) is 84.1 Å². The summed E-state index contributed by atoms with van der Waals surface area (Å²) < 4.78 is 5.21. The molecular weight excluding hydrogens is 330 g/mol. The number of aromatic amines is 1. The fraction of sp³-hybridized carbons (Fsp3) is 0.118. The summed E-state index contributed by atoms with van der Waals surface area (Å²) in [6.45, 7) is 1.51. The largest absolute Gasteiger partial charge is 0.449 e. The number of aromatic nitrogens is 2. The van der Waals surface area contributed by atoms with E-state index >= 15 is 0 Å². The lowest BCUT2D eigenvalue weighted by Gasteiger charge is -2.13. The van der Waals surface area contributed by atoms with Crippen molar-refractivity contribution in [2.45, 2.75) is 13.0 Å². The van der Waals surface area contributed by atoms with Crippen LogP contribution >= 0.6 is 11.6 Å². The van der Waals surface area contributed by atoms with Crippen LogP contribution in [-0.4, -0.2) is 27.9 Å². The van der Waals surface area contributed by atoms with Gasteiger partial charge in [-0.05, 0) is 49.4 Å². The number of carbonyl (C=O) groups excluding carboxylic acids is 2. The van der Waals surface area contributed by atoms with Crippen molar-refractivity contribution < 1.29 is 14.3 Å². The summed E-state index contributed by atoms with van der Waals surface area (Å²) in [5.74, 6) is -1.00. The molecule has 0 fully saturated rings. The molecule has 1 heterocycles. The minimum absolute atomic E-state index is 0.345. The van der Waals surface area contributed by atoms with Gasteiger partial charge >= 0.3 is 5.97 Å². The van der Waals surface area contributed by atoms with Gasteiger partial charge in [0.25, 0.3) is 5.91 Å². The average Bonchev–Trinajstić information content (AvgIpc) is 3.04. The molecule has 0 saturated carbocycles. The van der Waals surface area contributed by atoms with Gasteiger partial charge in [0, 0.05) is 10.7 Å². The molecule has 0 saturated heterocycles. The van der Waals surface area contributed by atoms with Gasteiger partial charge in [0.05, 0.1) is 22.9 Å². The third-order valence-corrected chi connectivity index (χ3v) is 3.67. The first-order valence-corrected chi connectivity index (χ1v) is 7.61. The first kappa shape index (κ1) is 16.0. The number of amides is 1. The number of hydrogen-bond acceptors (Lipinski definition) is 4. The van der Waals surface area contributed by atoms with Gasteiger partial charge in [-0.25, -0.2) is 9.78 Å². The fourth-order valence-corrected chi connectivity index (χ4v) is 2.25. The van der Waals surface area contributed by atoms with Crippen LogP contribution in [-0.2, 0) is 9.53 Å². The minimum Gasteiger partial charge on any atom is -0.449 e. The van der Waals surface area contributed by atoms with Gasteiger partial charge in [0.15, 0.2) is 6.10 Å². The molecule has 3 rings (SSSR count). The summed E-state index contributed by atoms with van der Waals surface area (Å²) >= 11 is 5.79. The number of halogens is 1. The number of rotatable bonds is 4. The van der Waals surface area contributed by atoms with Gasteiger partial charge < -0.3 is 15.0 Å². The molecule has 2 aromatic carbocycles. The van der Waals surface area contributed by atoms with E-state index in [2.05, 4.69) is 15.3 Å². The van der Waals surface area contributed by atoms with Crippen molar-refractivity contribution in [1.29, 1.82) is 0 Å². The van der Waals surface area contributed by atoms with Crippen molar-refractivity contribution in [2.24, 2.45) is 0 Å². The number of H-pyrrole nitrogens is 1. The van der Waals surface area contributed by atoms with Crippen LogP contribution in [0, 0.1) is 0 Å². The highest BCUT2D eigenvalue weighted by molar-refractivity contribution is 6.30. The Morgan fingerprint density at radius 2 is 1.96 bits per heavy atom. The van der Waals surface area contributed by atoms with Crippen molar-refractivity contribution >= 4 is 40.2 Å². The van der Waals surface area contributed by atoms with Gasteiger partial charge in [-0.1, -0.05) is 11.6 Å². The van der Waals surface area contributed by atoms with E-state index < -0.39 is 18.0 Å². The quantitative estimate of drug-likeness (QED) is 0.711. The number of benzene rings is 2. The smallest absolute Gasteiger partial charge is 0.338 e. The predicted molar refractivity (Wildman–Crippen MR) is 91.1 cm³/mol. The fourth-order valence-electron chi connectivity index (χ4n) is 2.12. The van der Waals surface area contributed by atoms with Crippen LogP contribution in [0.1, 0.15) is 17.3 Å². The van der Waals surface area contributed by atoms with Gasteiger partial charge in [0.1, 0.15) is 0 Å². The molecule has 7 heteroatoms. The Kier molecular flexibility index (Phi) is 4.48. The first-order chi connectivity index (χ1) is 11.5. The second kappa shape index (κ2) is 6.72. The van der Waals surface area contributed by atoms with E-state index in [1.807, 2.05) is 0 Å². The number of nitrogens with zero attached hydrogens (tertiary/aromatic N) is 1. The number of imidazole rings is 1. The van der Waals surface area contributed by atoms with E-state index in [1.54, 1.807) is 48.8 Å². The highest BCUT2D eigenvalue weighted by Gasteiger charge is 2.19. The van der Waals surface area contributed by atoms with E-state index in [9.17, 15) is 9.59 Å². The second-order valence-electron chi connectivity index (χ2n) is 5.18. The highest BCUT2D eigenvalue weighted by Crippen LogP contribution is 2.15. The zero-order chi connectivity index (χ0) is 17.1. The van der Waals surface area contributed by atoms with Crippen LogP contribution in [0.5, 0.6) is 0 Å². The molecule has 1 atom stereocenters. The standard InChI is InChI=1S/C17H14ClN3O3/c1-10(16(22)21-13-5-3-12(18)4-6-13)24-17(23)11-2-7-14-15(8-11)20-9-19-14/h2-10H,1H3,(H,19,20)(H,21,22). The second-order valence-corrected chi connectivity index (χ2v) is 5.61. The normalized spacial score (nSPS) is 11.9. The van der Waals surface area contributed by atoms with Crippen molar-refractivity contribution in [1.82, 2.24) is 9.97 Å². The van der Waals surface area contributed by atoms with Crippen LogP contribution < -0.4 is 5.32 Å². The molecular formula is C17H14ClN3O3. The number of nitrogens with one attached hydrogen (secondary N) is 2. The van der Waals surface area contributed by atoms with Crippen molar-refractivity contribution in [3.63, 3.8) is 0 Å². The molecule has 1 aromatic heterocycles. The summed E-state index contributed by atoms with van der Waals surface area (Å²) in [5.41, 5.74) is 2.40. The molecule has 6 nitrogen and oxygen atoms in total. The molecule has 0 radical (unpaired) electrons. The van der Waals surface area contributed by atoms with Crippen LogP contribution in [0.3, 0.4) is 0 Å². The van der Waals surface area contributed by atoms with Crippen LogP contribution in [0.15, 0.2) is 48.8 Å². The molecule has 0 aliphatic heterocycles. The van der Waals surface area contributed by atoms with Crippen LogP contribution in [0.2, 0.25) is 5.02 Å². The Morgan fingerprint density at radius 3 is 2.71 bits per heavy atom. The maximum atomic E-state index is 12.2. The number of esters is 1. The van der Waals surface area contributed by atoms with E-state index in [-0.39, 0.29) is 0 Å². The minimum atomic E-state index is -0.939. The number of hydrogen-bond donors (Lipinski definition) is 2. The number of carbonyl (C=O) groups is 2. The average molecular weight is 344 g/mol. The van der Waals surface area contributed by atoms with Crippen LogP contribution in [0.4, 0.5) is 5.69 Å². The molecule has 24 heavy (non-hydrogen) atoms. The van der Waals surface area contributed by atoms with E-state index in [0.29, 0.717) is 16.3 Å². The molecule has 1 unspecified atom stereocenters. The molecule has 2 N–H and O–H groups in total. The highest BCUT2D eigenvalue weighted by atomic mass is 35.5. The third kappa shape index (κ3) is 3.55. The monoisotopic (exact) mass is 343 g/mol. The van der Waals surface area contributed by atoms with Gasteiger partial charge in [-0.3, -0.25) is 4.79 Å². The van der Waals surface area contributed by atoms with Crippen molar-refractivity contribution in [2.75, 3.05) is 5.32 Å². The van der Waals surface area contributed by atoms with Gasteiger partial charge in [-0.15, -0.1) is 0 Å². The molecule has 0 bridgehead atoms. The zero-order valence-corrected chi connectivity index (χ0v) is 13.5. The Hall–Kier alpha value is -2.86. The number of ether oxygens (including phenoxy) is 1. The zero-order valence-electron chi connectivity index (χ0n) is 12.7. The molecule has 0 aliphatic carbocycles. The number of fused-ring (bicyclic) bond motifs is 1. The van der Waals surface area contributed by atoms with E-state index in [0.717, 1.165) is 11.0 Å². The summed E-state index contributed by atoms with van der Waals surface area (Å²) in [4.78, 5) is 31.3. The molecule has 122 valence electrons. The Labute approximate surface area is 142 Å². The number of anilines is 1. The van der Waals surface area contributed by atoms with Crippen LogP contribution in [0.25, 0.3) is 11.0 Å². The van der Waals surface area contributed by atoms with Gasteiger partial charge in [0.2, 0.25) is 0 Å². The Balaban J connectivity index is 1.64. The van der Waals surface area contributed by atoms with E-state index in [1.165, 1.54) is 6.92 Å². The summed E-state index contributed by atoms with van der Waals surface area (Å²) in [6.07, 6.45) is 0.604. The molecule has 1 amide bonds. The third-order valence-electron chi connectivity index (χ3n) is 3.42. The first-order valence-electron chi connectivity index (χ1n) is 7.23. The predicted octanol–water partition coefficient (Wildman–Crippen LogP) is 3.40. The Morgan fingerprint density at radius 1 is 1.21 bits per heavy atom. The lowest BCUT2D eigenvalue weighted by molar-refractivity contribution is -0.123. The summed E-state index contributed by atoms with van der Waals surface area (Å²) in [6, 6.07) is 11.6. The SMILES string of the molecule is CC(OC(=O)c1ccc2nc[nH]c2c1)C(=O)Nc1ccc(Cl)cc1. The molecule has 0 spiro atoms. The Bertz CT molecular complexity index is 889. The lowest BCUT2D eigenvalue weighted by Crippen LogP contribution is -2.30.